The molecule has 0 atom stereocenters. The minimum atomic E-state index is -3.55. The molecule has 166 valence electrons. The molecule has 1 N–H and O–H groups in total. The summed E-state index contributed by atoms with van der Waals surface area (Å²) in [5.41, 5.74) is 2.20. The third-order valence-corrected chi connectivity index (χ3v) is 8.52. The van der Waals surface area contributed by atoms with Crippen molar-refractivity contribution in [2.75, 3.05) is 44.3 Å². The predicted molar refractivity (Wildman–Crippen MR) is 120 cm³/mol. The van der Waals surface area contributed by atoms with Gasteiger partial charge in [0.1, 0.15) is 6.54 Å². The minimum absolute atomic E-state index is 0.191. The average molecular weight is 434 g/mol. The second kappa shape index (κ2) is 8.15. The molecule has 1 aromatic rings. The number of sulfonamides is 1. The number of hydrogen-bond donors (Lipinski definition) is 1. The fourth-order valence-corrected chi connectivity index (χ4v) is 7.31. The highest BCUT2D eigenvalue weighted by Crippen LogP contribution is 2.60. The Bertz CT molecular complexity index is 844. The summed E-state index contributed by atoms with van der Waals surface area (Å²) < 4.78 is 26.0. The van der Waals surface area contributed by atoms with Gasteiger partial charge in [0, 0.05) is 13.1 Å². The lowest BCUT2D eigenvalue weighted by atomic mass is 9.48. The number of carbonyl (C=O) groups excluding carboxylic acids is 1. The van der Waals surface area contributed by atoms with Crippen LogP contribution in [0.4, 0.5) is 5.69 Å². The van der Waals surface area contributed by atoms with Crippen LogP contribution >= 0.6 is 0 Å². The van der Waals surface area contributed by atoms with Gasteiger partial charge in [0.2, 0.25) is 15.9 Å². The van der Waals surface area contributed by atoms with E-state index in [1.807, 2.05) is 31.1 Å². The smallest absolute Gasteiger partial charge is 0.240 e. The van der Waals surface area contributed by atoms with E-state index >= 15 is 0 Å². The van der Waals surface area contributed by atoms with Gasteiger partial charge in [0.15, 0.2) is 0 Å². The van der Waals surface area contributed by atoms with Gasteiger partial charge in [-0.3, -0.25) is 9.10 Å². The van der Waals surface area contributed by atoms with E-state index in [-0.39, 0.29) is 17.9 Å². The van der Waals surface area contributed by atoms with Crippen LogP contribution in [0.25, 0.3) is 0 Å². The standard InChI is InChI=1S/C23H35N3O3S/c1-25(2)9-8-24-22(27)16-26(30(3,28)29)21-6-4-20(5-7-21)23-13-17-10-18(14-23)12-19(11-17)15-23/h4-7,17-19H,8-16H2,1-3H3,(H,24,27). The molecule has 0 spiro atoms. The maximum atomic E-state index is 12.4. The highest BCUT2D eigenvalue weighted by molar-refractivity contribution is 7.92. The normalized spacial score (nSPS) is 29.9. The highest BCUT2D eigenvalue weighted by atomic mass is 32.2. The summed E-state index contributed by atoms with van der Waals surface area (Å²) in [7, 11) is 0.312. The fraction of sp³-hybridized carbons (Fsp3) is 0.696. The Morgan fingerprint density at radius 1 is 1.03 bits per heavy atom. The Hall–Kier alpha value is -1.60. The quantitative estimate of drug-likeness (QED) is 0.684. The molecule has 0 unspecified atom stereocenters. The molecule has 7 heteroatoms. The third kappa shape index (κ3) is 4.52. The summed E-state index contributed by atoms with van der Waals surface area (Å²) in [5.74, 6) is 2.32. The number of nitrogens with one attached hydrogen (secondary N) is 1. The van der Waals surface area contributed by atoms with E-state index in [1.54, 1.807) is 0 Å². The molecule has 4 aliphatic rings. The first-order valence-electron chi connectivity index (χ1n) is 11.1. The number of amides is 1. The van der Waals surface area contributed by atoms with Crippen LogP contribution in [-0.2, 0) is 20.2 Å². The van der Waals surface area contributed by atoms with E-state index in [9.17, 15) is 13.2 Å². The number of likely N-dealkylation sites (N-methyl/N-ethyl adjacent to an activating group) is 1. The number of rotatable bonds is 8. The maximum Gasteiger partial charge on any atom is 0.240 e. The van der Waals surface area contributed by atoms with Crippen LogP contribution in [0.3, 0.4) is 0 Å². The van der Waals surface area contributed by atoms with Crippen molar-refractivity contribution in [3.8, 4) is 0 Å². The molecular formula is C23H35N3O3S. The number of benzene rings is 1. The molecule has 1 amide bonds. The Kier molecular flexibility index (Phi) is 5.88. The van der Waals surface area contributed by atoms with Gasteiger partial charge < -0.3 is 10.2 Å². The summed E-state index contributed by atoms with van der Waals surface area (Å²) in [6, 6.07) is 8.01. The van der Waals surface area contributed by atoms with Crippen LogP contribution in [0.1, 0.15) is 44.1 Å². The first kappa shape index (κ1) is 21.6. The van der Waals surface area contributed by atoms with Crippen molar-refractivity contribution in [2.45, 2.75) is 43.9 Å². The van der Waals surface area contributed by atoms with Crippen molar-refractivity contribution < 1.29 is 13.2 Å². The molecule has 5 rings (SSSR count). The SMILES string of the molecule is CN(C)CCNC(=O)CN(c1ccc(C23CC4CC(CC(C4)C2)C3)cc1)S(C)(=O)=O. The summed E-state index contributed by atoms with van der Waals surface area (Å²) in [4.78, 5) is 14.3. The Labute approximate surface area is 181 Å². The molecule has 4 fully saturated rings. The van der Waals surface area contributed by atoms with E-state index in [0.29, 0.717) is 18.8 Å². The number of anilines is 1. The van der Waals surface area contributed by atoms with Gasteiger partial charge in [-0.25, -0.2) is 8.42 Å². The number of nitrogens with zero attached hydrogens (tertiary/aromatic N) is 2. The maximum absolute atomic E-state index is 12.4. The molecule has 0 aliphatic heterocycles. The van der Waals surface area contributed by atoms with E-state index in [1.165, 1.54) is 48.4 Å². The molecule has 4 bridgehead atoms. The summed E-state index contributed by atoms with van der Waals surface area (Å²) in [6.45, 7) is 1.02. The molecule has 0 saturated heterocycles. The third-order valence-electron chi connectivity index (χ3n) is 7.37. The van der Waals surface area contributed by atoms with Crippen molar-refractivity contribution in [3.63, 3.8) is 0 Å². The monoisotopic (exact) mass is 433 g/mol. The first-order valence-corrected chi connectivity index (χ1v) is 13.0. The molecule has 0 aromatic heterocycles. The van der Waals surface area contributed by atoms with Gasteiger partial charge in [0.05, 0.1) is 11.9 Å². The second-order valence-electron chi connectivity index (χ2n) is 10.2. The van der Waals surface area contributed by atoms with Crippen molar-refractivity contribution in [3.05, 3.63) is 29.8 Å². The van der Waals surface area contributed by atoms with Gasteiger partial charge in [-0.1, -0.05) is 12.1 Å². The highest BCUT2D eigenvalue weighted by Gasteiger charge is 2.51. The Morgan fingerprint density at radius 2 is 1.57 bits per heavy atom. The van der Waals surface area contributed by atoms with E-state index in [0.717, 1.165) is 24.0 Å². The van der Waals surface area contributed by atoms with Gasteiger partial charge in [0.25, 0.3) is 0 Å². The lowest BCUT2D eigenvalue weighted by Gasteiger charge is -2.57. The second-order valence-corrected chi connectivity index (χ2v) is 12.1. The fourth-order valence-electron chi connectivity index (χ4n) is 6.45. The van der Waals surface area contributed by atoms with Crippen LogP contribution in [0.15, 0.2) is 24.3 Å². The van der Waals surface area contributed by atoms with E-state index in [4.69, 9.17) is 0 Å². The average Bonchev–Trinajstić information content (AvgIpc) is 2.64. The Balaban J connectivity index is 1.49. The molecule has 0 radical (unpaired) electrons. The molecule has 6 nitrogen and oxygen atoms in total. The van der Waals surface area contributed by atoms with Gasteiger partial charge in [-0.05, 0) is 93.5 Å². The zero-order chi connectivity index (χ0) is 21.5. The van der Waals surface area contributed by atoms with Crippen LogP contribution in [0, 0.1) is 17.8 Å². The zero-order valence-electron chi connectivity index (χ0n) is 18.4. The van der Waals surface area contributed by atoms with Crippen LogP contribution in [0.5, 0.6) is 0 Å². The lowest BCUT2D eigenvalue weighted by Crippen LogP contribution is -2.48. The lowest BCUT2D eigenvalue weighted by molar-refractivity contribution is -0.119. The molecule has 1 aromatic carbocycles. The predicted octanol–water partition coefficient (Wildman–Crippen LogP) is 2.60. The zero-order valence-corrected chi connectivity index (χ0v) is 19.2. The van der Waals surface area contributed by atoms with Crippen molar-refractivity contribution in [2.24, 2.45) is 17.8 Å². The largest absolute Gasteiger partial charge is 0.353 e. The van der Waals surface area contributed by atoms with Gasteiger partial charge >= 0.3 is 0 Å². The van der Waals surface area contributed by atoms with Crippen LogP contribution < -0.4 is 9.62 Å². The molecule has 0 heterocycles. The van der Waals surface area contributed by atoms with Gasteiger partial charge in [-0.15, -0.1) is 0 Å². The van der Waals surface area contributed by atoms with Crippen LogP contribution in [0.2, 0.25) is 0 Å². The minimum Gasteiger partial charge on any atom is -0.353 e. The Morgan fingerprint density at radius 3 is 2.03 bits per heavy atom. The van der Waals surface area contributed by atoms with E-state index in [2.05, 4.69) is 17.4 Å². The molecular weight excluding hydrogens is 398 g/mol. The molecule has 30 heavy (non-hydrogen) atoms. The van der Waals surface area contributed by atoms with Crippen molar-refractivity contribution in [1.82, 2.24) is 10.2 Å². The topological polar surface area (TPSA) is 69.7 Å². The molecule has 4 saturated carbocycles. The summed E-state index contributed by atoms with van der Waals surface area (Å²) in [5, 5.41) is 2.80. The summed E-state index contributed by atoms with van der Waals surface area (Å²) in [6.07, 6.45) is 9.21. The first-order chi connectivity index (χ1) is 14.1. The van der Waals surface area contributed by atoms with Crippen molar-refractivity contribution in [1.29, 1.82) is 0 Å². The van der Waals surface area contributed by atoms with Crippen molar-refractivity contribution >= 4 is 21.6 Å². The molecule has 4 aliphatic carbocycles. The number of hydrogen-bond acceptors (Lipinski definition) is 4. The summed E-state index contributed by atoms with van der Waals surface area (Å²) >= 11 is 0. The van der Waals surface area contributed by atoms with E-state index < -0.39 is 10.0 Å². The van der Waals surface area contributed by atoms with Gasteiger partial charge in [-0.2, -0.15) is 0 Å². The van der Waals surface area contributed by atoms with Crippen LogP contribution in [-0.4, -0.2) is 59.2 Å². The number of carbonyl (C=O) groups is 1.